The smallest absolute Gasteiger partial charge is 0.242 e. The summed E-state index contributed by atoms with van der Waals surface area (Å²) in [6.07, 6.45) is 8.34. The molecule has 1 saturated carbocycles. The minimum atomic E-state index is -0.501. The summed E-state index contributed by atoms with van der Waals surface area (Å²) in [5.41, 5.74) is 5.66. The molecule has 2 rings (SSSR count). The number of nitrogens with zero attached hydrogens (tertiary/aromatic N) is 2. The van der Waals surface area contributed by atoms with Crippen LogP contribution >= 0.6 is 11.3 Å². The Morgan fingerprint density at radius 3 is 2.50 bits per heavy atom. The maximum atomic E-state index is 12.9. The van der Waals surface area contributed by atoms with Gasteiger partial charge >= 0.3 is 0 Å². The van der Waals surface area contributed by atoms with Crippen LogP contribution in [0, 0.1) is 5.92 Å². The van der Waals surface area contributed by atoms with Crippen molar-refractivity contribution in [2.24, 2.45) is 5.92 Å². The number of nitrogen functional groups attached to an aromatic ring is 1. The van der Waals surface area contributed by atoms with E-state index in [1.807, 2.05) is 20.8 Å². The molecule has 0 radical (unpaired) electrons. The minimum absolute atomic E-state index is 0.0818. The van der Waals surface area contributed by atoms with Gasteiger partial charge < -0.3 is 16.4 Å². The predicted octanol–water partition coefficient (Wildman–Crippen LogP) is 2.53. The third-order valence-corrected chi connectivity index (χ3v) is 6.50. The molecule has 0 bridgehead atoms. The number of nitrogens with two attached hydrogens (primary N) is 1. The topological polar surface area (TPSA) is 100 Å². The fourth-order valence-electron chi connectivity index (χ4n) is 3.92. The van der Waals surface area contributed by atoms with Gasteiger partial charge in [-0.15, -0.1) is 11.3 Å². The maximum Gasteiger partial charge on any atom is 0.242 e. The maximum absolute atomic E-state index is 12.9. The number of nitrogens with one attached hydrogen (secondary N) is 2. The lowest BCUT2D eigenvalue weighted by Crippen LogP contribution is -2.53. The molecule has 1 aliphatic carbocycles. The number of carbonyl (C=O) groups excluding carboxylic acids is 2. The molecule has 1 aliphatic rings. The average molecular weight is 410 g/mol. The third kappa shape index (κ3) is 6.74. The summed E-state index contributed by atoms with van der Waals surface area (Å²) in [7, 11) is 0. The first-order valence-electron chi connectivity index (χ1n) is 10.5. The highest BCUT2D eigenvalue weighted by atomic mass is 32.1. The summed E-state index contributed by atoms with van der Waals surface area (Å²) in [6.45, 7) is 7.98. The molecular weight excluding hydrogens is 374 g/mol. The van der Waals surface area contributed by atoms with Crippen molar-refractivity contribution in [3.63, 3.8) is 0 Å². The number of hydrogen-bond donors (Lipinski definition) is 3. The van der Waals surface area contributed by atoms with E-state index in [9.17, 15) is 9.59 Å². The van der Waals surface area contributed by atoms with Crippen LogP contribution in [0.15, 0.2) is 6.20 Å². The second-order valence-corrected chi connectivity index (χ2v) is 8.73. The summed E-state index contributed by atoms with van der Waals surface area (Å²) >= 11 is 1.36. The monoisotopic (exact) mass is 409 g/mol. The van der Waals surface area contributed by atoms with Crippen LogP contribution in [-0.4, -0.2) is 46.9 Å². The Labute approximate surface area is 172 Å². The van der Waals surface area contributed by atoms with E-state index in [1.54, 1.807) is 6.20 Å². The van der Waals surface area contributed by atoms with Gasteiger partial charge in [-0.1, -0.05) is 46.0 Å². The summed E-state index contributed by atoms with van der Waals surface area (Å²) in [5, 5.41) is 6.47. The van der Waals surface area contributed by atoms with Crippen LogP contribution in [0.3, 0.4) is 0 Å². The molecule has 8 heteroatoms. The molecule has 1 heterocycles. The number of carbonyl (C=O) groups is 2. The lowest BCUT2D eigenvalue weighted by Gasteiger charge is -2.30. The quantitative estimate of drug-likeness (QED) is 0.551. The number of likely N-dealkylation sites (N-methyl/N-ethyl adjacent to an activating group) is 1. The van der Waals surface area contributed by atoms with Gasteiger partial charge in [0.05, 0.1) is 12.6 Å². The number of rotatable bonds is 10. The molecule has 4 N–H and O–H groups in total. The molecule has 0 spiro atoms. The van der Waals surface area contributed by atoms with Gasteiger partial charge in [-0.2, -0.15) is 0 Å². The first-order valence-corrected chi connectivity index (χ1v) is 11.3. The van der Waals surface area contributed by atoms with Crippen LogP contribution < -0.4 is 16.4 Å². The highest BCUT2D eigenvalue weighted by molar-refractivity contribution is 7.15. The SMILES string of the molecule is CCN(CC)[C@@H](C)C(=O)N[C@@H](CC1CCCCC1)C(=O)NCc1cnc(N)s1. The zero-order valence-electron chi connectivity index (χ0n) is 17.4. The first-order chi connectivity index (χ1) is 13.4. The number of amides is 2. The largest absolute Gasteiger partial charge is 0.375 e. The average Bonchev–Trinajstić information content (AvgIpc) is 3.12. The number of anilines is 1. The van der Waals surface area contributed by atoms with Crippen molar-refractivity contribution in [2.45, 2.75) is 77.9 Å². The molecule has 1 fully saturated rings. The van der Waals surface area contributed by atoms with E-state index < -0.39 is 6.04 Å². The van der Waals surface area contributed by atoms with Crippen LogP contribution in [0.1, 0.15) is 64.2 Å². The van der Waals surface area contributed by atoms with E-state index in [0.29, 0.717) is 24.0 Å². The fraction of sp³-hybridized carbons (Fsp3) is 0.750. The molecule has 7 nitrogen and oxygen atoms in total. The molecule has 2 atom stereocenters. The molecular formula is C20H35N5O2S. The number of thiazole rings is 1. The summed E-state index contributed by atoms with van der Waals surface area (Å²) in [5.74, 6) is 0.284. The van der Waals surface area contributed by atoms with Crippen molar-refractivity contribution >= 4 is 28.3 Å². The zero-order chi connectivity index (χ0) is 20.5. The molecule has 1 aromatic heterocycles. The first kappa shape index (κ1) is 22.6. The fourth-order valence-corrected chi connectivity index (χ4v) is 4.54. The summed E-state index contributed by atoms with van der Waals surface area (Å²) in [6, 6.07) is -0.753. The minimum Gasteiger partial charge on any atom is -0.375 e. The number of hydrogen-bond acceptors (Lipinski definition) is 6. The van der Waals surface area contributed by atoms with Crippen molar-refractivity contribution in [2.75, 3.05) is 18.8 Å². The van der Waals surface area contributed by atoms with Crippen LogP contribution in [-0.2, 0) is 16.1 Å². The molecule has 0 aromatic carbocycles. The van der Waals surface area contributed by atoms with Gasteiger partial charge in [0.1, 0.15) is 6.04 Å². The lowest BCUT2D eigenvalue weighted by molar-refractivity contribution is -0.132. The Balaban J connectivity index is 2.00. The van der Waals surface area contributed by atoms with Gasteiger partial charge in [0, 0.05) is 11.1 Å². The highest BCUT2D eigenvalue weighted by Gasteiger charge is 2.28. The molecule has 2 amide bonds. The Kier molecular flexibility index (Phi) is 9.18. The van der Waals surface area contributed by atoms with Gasteiger partial charge in [0.2, 0.25) is 11.8 Å². The van der Waals surface area contributed by atoms with Gasteiger partial charge in [-0.05, 0) is 32.4 Å². The van der Waals surface area contributed by atoms with Gasteiger partial charge in [0.25, 0.3) is 0 Å². The Bertz CT molecular complexity index is 626. The Hall–Kier alpha value is -1.67. The predicted molar refractivity (Wildman–Crippen MR) is 114 cm³/mol. The van der Waals surface area contributed by atoms with Crippen LogP contribution in [0.5, 0.6) is 0 Å². The molecule has 158 valence electrons. The molecule has 0 unspecified atom stereocenters. The van der Waals surface area contributed by atoms with E-state index in [4.69, 9.17) is 5.73 Å². The second kappa shape index (κ2) is 11.4. The van der Waals surface area contributed by atoms with E-state index in [1.165, 1.54) is 30.6 Å². The van der Waals surface area contributed by atoms with Gasteiger partial charge in [0.15, 0.2) is 5.13 Å². The van der Waals surface area contributed by atoms with E-state index in [2.05, 4.69) is 20.5 Å². The molecule has 1 aromatic rings. The molecule has 28 heavy (non-hydrogen) atoms. The van der Waals surface area contributed by atoms with Crippen molar-refractivity contribution in [1.29, 1.82) is 0 Å². The molecule has 0 aliphatic heterocycles. The van der Waals surface area contributed by atoms with Crippen molar-refractivity contribution in [3.8, 4) is 0 Å². The second-order valence-electron chi connectivity index (χ2n) is 7.58. The zero-order valence-corrected chi connectivity index (χ0v) is 18.2. The molecule has 0 saturated heterocycles. The van der Waals surface area contributed by atoms with E-state index in [-0.39, 0.29) is 17.9 Å². The van der Waals surface area contributed by atoms with Crippen LogP contribution in [0.4, 0.5) is 5.13 Å². The Morgan fingerprint density at radius 1 is 1.25 bits per heavy atom. The van der Waals surface area contributed by atoms with Crippen molar-refractivity contribution in [3.05, 3.63) is 11.1 Å². The van der Waals surface area contributed by atoms with Crippen molar-refractivity contribution in [1.82, 2.24) is 20.5 Å². The van der Waals surface area contributed by atoms with Gasteiger partial charge in [-0.3, -0.25) is 14.5 Å². The normalized spacial score (nSPS) is 17.3. The van der Waals surface area contributed by atoms with Crippen molar-refractivity contribution < 1.29 is 9.59 Å². The summed E-state index contributed by atoms with van der Waals surface area (Å²) < 4.78 is 0. The summed E-state index contributed by atoms with van der Waals surface area (Å²) in [4.78, 5) is 32.7. The van der Waals surface area contributed by atoms with E-state index >= 15 is 0 Å². The number of aromatic nitrogens is 1. The third-order valence-electron chi connectivity index (χ3n) is 5.67. The highest BCUT2D eigenvalue weighted by Crippen LogP contribution is 2.27. The standard InChI is InChI=1S/C20H35N5O2S/c1-4-25(5-2)14(3)18(26)24-17(11-15-9-7-6-8-10-15)19(27)22-12-16-13-23-20(21)28-16/h13-15,17H,4-12H2,1-3H3,(H2,21,23)(H,22,27)(H,24,26)/t14-,17-/m0/s1. The Morgan fingerprint density at radius 2 is 1.93 bits per heavy atom. The van der Waals surface area contributed by atoms with Crippen LogP contribution in [0.2, 0.25) is 0 Å². The van der Waals surface area contributed by atoms with E-state index in [0.717, 1.165) is 30.8 Å². The van der Waals surface area contributed by atoms with Crippen LogP contribution in [0.25, 0.3) is 0 Å². The van der Waals surface area contributed by atoms with Gasteiger partial charge in [-0.25, -0.2) is 4.98 Å². The lowest BCUT2D eigenvalue weighted by atomic mass is 9.84.